The topological polar surface area (TPSA) is 85.8 Å². The number of aromatic nitrogens is 3. The molecule has 3 N–H and O–H groups in total. The Morgan fingerprint density at radius 3 is 2.73 bits per heavy atom. The monoisotopic (exact) mass is 367 g/mol. The van der Waals surface area contributed by atoms with Crippen LogP contribution in [0.1, 0.15) is 41.7 Å². The molecule has 1 amide bonds. The van der Waals surface area contributed by atoms with Crippen LogP contribution in [0, 0.1) is 5.92 Å². The number of carbonyl (C=O) groups excluding carboxylic acids is 1. The van der Waals surface area contributed by atoms with E-state index in [-0.39, 0.29) is 23.3 Å². The number of nitrogens with zero attached hydrogens (tertiary/aromatic N) is 3. The van der Waals surface area contributed by atoms with Gasteiger partial charge >= 0.3 is 6.18 Å². The van der Waals surface area contributed by atoms with E-state index in [0.717, 1.165) is 36.4 Å². The van der Waals surface area contributed by atoms with Crippen LogP contribution in [0.15, 0.2) is 30.5 Å². The van der Waals surface area contributed by atoms with Gasteiger partial charge in [-0.05, 0) is 37.4 Å². The van der Waals surface area contributed by atoms with Crippen molar-refractivity contribution in [3.05, 3.63) is 41.7 Å². The third kappa shape index (κ3) is 3.87. The van der Waals surface area contributed by atoms with Gasteiger partial charge < -0.3 is 11.1 Å². The molecule has 1 aliphatic rings. The van der Waals surface area contributed by atoms with E-state index in [2.05, 4.69) is 15.6 Å². The van der Waals surface area contributed by atoms with E-state index in [1.807, 2.05) is 0 Å². The summed E-state index contributed by atoms with van der Waals surface area (Å²) in [5, 5.41) is 10.3. The van der Waals surface area contributed by atoms with E-state index in [9.17, 15) is 18.0 Å². The number of para-hydroxylation sites is 1. The number of rotatable bonds is 4. The van der Waals surface area contributed by atoms with Gasteiger partial charge in [0.05, 0.1) is 17.4 Å². The summed E-state index contributed by atoms with van der Waals surface area (Å²) < 4.78 is 40.4. The minimum absolute atomic E-state index is 0.0247. The van der Waals surface area contributed by atoms with Crippen molar-refractivity contribution >= 4 is 5.91 Å². The quantitative estimate of drug-likeness (QED) is 0.870. The molecule has 2 aromatic rings. The van der Waals surface area contributed by atoms with Crippen LogP contribution >= 0.6 is 0 Å². The van der Waals surface area contributed by atoms with Crippen molar-refractivity contribution in [2.24, 2.45) is 11.7 Å². The molecule has 1 heterocycles. The van der Waals surface area contributed by atoms with Crippen LogP contribution in [0.2, 0.25) is 0 Å². The van der Waals surface area contributed by atoms with E-state index in [0.29, 0.717) is 6.54 Å². The highest BCUT2D eigenvalue weighted by Gasteiger charge is 2.34. The molecule has 1 aliphatic carbocycles. The van der Waals surface area contributed by atoms with E-state index >= 15 is 0 Å². The summed E-state index contributed by atoms with van der Waals surface area (Å²) in [6.45, 7) is 0.483. The van der Waals surface area contributed by atoms with Crippen molar-refractivity contribution in [2.45, 2.75) is 37.9 Å². The zero-order valence-electron chi connectivity index (χ0n) is 14.0. The van der Waals surface area contributed by atoms with Crippen LogP contribution < -0.4 is 11.1 Å². The van der Waals surface area contributed by atoms with Crippen LogP contribution in [0.5, 0.6) is 0 Å². The summed E-state index contributed by atoms with van der Waals surface area (Å²) in [6, 6.07) is 4.97. The second kappa shape index (κ2) is 7.45. The highest BCUT2D eigenvalue weighted by Crippen LogP contribution is 2.33. The maximum atomic E-state index is 13.1. The second-order valence-corrected chi connectivity index (χ2v) is 6.42. The van der Waals surface area contributed by atoms with Gasteiger partial charge in [-0.25, -0.2) is 4.68 Å². The molecule has 9 heteroatoms. The maximum Gasteiger partial charge on any atom is 0.418 e. The van der Waals surface area contributed by atoms with Crippen LogP contribution in [-0.4, -0.2) is 33.5 Å². The molecule has 0 radical (unpaired) electrons. The van der Waals surface area contributed by atoms with E-state index < -0.39 is 17.6 Å². The molecule has 1 aromatic heterocycles. The van der Waals surface area contributed by atoms with Crippen molar-refractivity contribution in [1.29, 1.82) is 0 Å². The van der Waals surface area contributed by atoms with Crippen LogP contribution in [0.25, 0.3) is 5.69 Å². The van der Waals surface area contributed by atoms with Gasteiger partial charge in [0.15, 0.2) is 5.69 Å². The average molecular weight is 367 g/mol. The first-order chi connectivity index (χ1) is 12.4. The Labute approximate surface area is 148 Å². The average Bonchev–Trinajstić information content (AvgIpc) is 3.11. The number of benzene rings is 1. The van der Waals surface area contributed by atoms with Gasteiger partial charge in [-0.3, -0.25) is 4.79 Å². The summed E-state index contributed by atoms with van der Waals surface area (Å²) in [6.07, 6.45) is 0.555. The van der Waals surface area contributed by atoms with Gasteiger partial charge in [0.1, 0.15) is 0 Å². The first kappa shape index (κ1) is 18.4. The van der Waals surface area contributed by atoms with Gasteiger partial charge in [-0.1, -0.05) is 30.2 Å². The smallest absolute Gasteiger partial charge is 0.348 e. The molecule has 1 fully saturated rings. The number of carbonyl (C=O) groups is 1. The lowest BCUT2D eigenvalue weighted by Gasteiger charge is -2.30. The summed E-state index contributed by atoms with van der Waals surface area (Å²) in [5.41, 5.74) is 4.71. The molecule has 0 aliphatic heterocycles. The third-order valence-corrected chi connectivity index (χ3v) is 4.71. The second-order valence-electron chi connectivity index (χ2n) is 6.42. The standard InChI is InChI=1S/C17H20F3N5O/c18-17(19,20)12-6-2-4-8-15(12)25-10-14(23-24-25)16(26)22-13-7-3-1-5-11(13)9-21/h2,4,6,8,10-11,13H,1,3,5,7,9,21H2,(H,22,26). The minimum atomic E-state index is -4.53. The summed E-state index contributed by atoms with van der Waals surface area (Å²) in [5.74, 6) is -0.250. The molecule has 2 unspecified atom stereocenters. The lowest BCUT2D eigenvalue weighted by atomic mass is 9.84. The fraction of sp³-hybridized carbons (Fsp3) is 0.471. The molecule has 6 nitrogen and oxygen atoms in total. The minimum Gasteiger partial charge on any atom is -0.348 e. The first-order valence-corrected chi connectivity index (χ1v) is 8.50. The molecule has 1 saturated carbocycles. The van der Waals surface area contributed by atoms with Crippen molar-refractivity contribution in [2.75, 3.05) is 6.54 Å². The molecule has 0 spiro atoms. The van der Waals surface area contributed by atoms with Crippen LogP contribution in [0.3, 0.4) is 0 Å². The molecule has 1 aromatic carbocycles. The lowest BCUT2D eigenvalue weighted by molar-refractivity contribution is -0.137. The largest absolute Gasteiger partial charge is 0.418 e. The van der Waals surface area contributed by atoms with E-state index in [1.54, 1.807) is 0 Å². The highest BCUT2D eigenvalue weighted by molar-refractivity contribution is 5.92. The molecular weight excluding hydrogens is 347 g/mol. The van der Waals surface area contributed by atoms with Gasteiger partial charge in [0, 0.05) is 6.04 Å². The summed E-state index contributed by atoms with van der Waals surface area (Å²) in [7, 11) is 0. The number of alkyl halides is 3. The SMILES string of the molecule is NCC1CCCCC1NC(=O)c1cn(-c2ccccc2C(F)(F)F)nn1. The predicted molar refractivity (Wildman–Crippen MR) is 88.6 cm³/mol. The molecule has 140 valence electrons. The van der Waals surface area contributed by atoms with Crippen molar-refractivity contribution in [3.63, 3.8) is 0 Å². The van der Waals surface area contributed by atoms with Crippen molar-refractivity contribution in [3.8, 4) is 5.69 Å². The number of halogens is 3. The van der Waals surface area contributed by atoms with Crippen molar-refractivity contribution < 1.29 is 18.0 Å². The Kier molecular flexibility index (Phi) is 5.26. The molecule has 2 atom stereocenters. The summed E-state index contributed by atoms with van der Waals surface area (Å²) >= 11 is 0. The maximum absolute atomic E-state index is 13.1. The molecule has 0 saturated heterocycles. The normalized spacial score (nSPS) is 20.8. The number of nitrogens with two attached hydrogens (primary N) is 1. The van der Waals surface area contributed by atoms with Gasteiger partial charge in [-0.2, -0.15) is 13.2 Å². The number of hydrogen-bond acceptors (Lipinski definition) is 4. The fourth-order valence-electron chi connectivity index (χ4n) is 3.32. The predicted octanol–water partition coefficient (Wildman–Crippen LogP) is 2.53. The zero-order chi connectivity index (χ0) is 18.7. The van der Waals surface area contributed by atoms with Crippen LogP contribution in [0.4, 0.5) is 13.2 Å². The molecule has 3 rings (SSSR count). The summed E-state index contributed by atoms with van der Waals surface area (Å²) in [4.78, 5) is 12.4. The Morgan fingerprint density at radius 2 is 2.00 bits per heavy atom. The van der Waals surface area contributed by atoms with E-state index in [4.69, 9.17) is 5.73 Å². The highest BCUT2D eigenvalue weighted by atomic mass is 19.4. The van der Waals surface area contributed by atoms with Crippen LogP contribution in [-0.2, 0) is 6.18 Å². The lowest BCUT2D eigenvalue weighted by Crippen LogP contribution is -2.44. The Balaban J connectivity index is 1.79. The Morgan fingerprint density at radius 1 is 1.27 bits per heavy atom. The number of amides is 1. The Hall–Kier alpha value is -2.42. The molecule has 0 bridgehead atoms. The molecule has 26 heavy (non-hydrogen) atoms. The van der Waals surface area contributed by atoms with Gasteiger partial charge in [-0.15, -0.1) is 5.10 Å². The zero-order valence-corrected chi connectivity index (χ0v) is 14.0. The van der Waals surface area contributed by atoms with E-state index in [1.165, 1.54) is 24.4 Å². The number of nitrogens with one attached hydrogen (secondary N) is 1. The first-order valence-electron chi connectivity index (χ1n) is 8.50. The van der Waals surface area contributed by atoms with Gasteiger partial charge in [0.25, 0.3) is 5.91 Å². The van der Waals surface area contributed by atoms with Crippen molar-refractivity contribution in [1.82, 2.24) is 20.3 Å². The third-order valence-electron chi connectivity index (χ3n) is 4.71. The fourth-order valence-corrected chi connectivity index (χ4v) is 3.32. The number of hydrogen-bond donors (Lipinski definition) is 2. The van der Waals surface area contributed by atoms with Gasteiger partial charge in [0.2, 0.25) is 0 Å². The Bertz CT molecular complexity index is 774. The molecular formula is C17H20F3N5O.